The fourth-order valence-electron chi connectivity index (χ4n) is 4.77. The zero-order valence-corrected chi connectivity index (χ0v) is 19.5. The minimum atomic E-state index is 0.0541. The maximum atomic E-state index is 13.2. The van der Waals surface area contributed by atoms with Crippen LogP contribution in [0.2, 0.25) is 5.02 Å². The van der Waals surface area contributed by atoms with Gasteiger partial charge >= 0.3 is 0 Å². The van der Waals surface area contributed by atoms with Crippen molar-refractivity contribution in [3.8, 4) is 5.88 Å². The predicted octanol–water partition coefficient (Wildman–Crippen LogP) is 3.86. The second kappa shape index (κ2) is 9.43. The fourth-order valence-corrected chi connectivity index (χ4v) is 4.96. The first kappa shape index (κ1) is 21.8. The highest BCUT2D eigenvalue weighted by molar-refractivity contribution is 6.30. The van der Waals surface area contributed by atoms with Gasteiger partial charge in [-0.05, 0) is 43.2 Å². The third kappa shape index (κ3) is 4.55. The first-order valence-corrected chi connectivity index (χ1v) is 11.8. The minimum absolute atomic E-state index is 0.0541. The number of amides is 1. The standard InChI is InChI=1S/C25H28ClN5O2/c1-33-24-23(27-21-7-2-3-8-22(21)28-24)30-11-9-18(10-12-30)25(32)31-15-13-29(14-16-31)20-6-4-5-19(26)17-20/h2-8,17-18H,9-16H2,1H3. The van der Waals surface area contributed by atoms with Crippen LogP contribution >= 0.6 is 11.6 Å². The molecule has 2 aliphatic rings. The van der Waals surface area contributed by atoms with E-state index in [0.29, 0.717) is 5.88 Å². The third-order valence-electron chi connectivity index (χ3n) is 6.62. The molecule has 33 heavy (non-hydrogen) atoms. The molecule has 1 amide bonds. The number of ether oxygens (including phenoxy) is 1. The average Bonchev–Trinajstić information content (AvgIpc) is 2.87. The maximum Gasteiger partial charge on any atom is 0.257 e. The van der Waals surface area contributed by atoms with E-state index in [2.05, 4.69) is 20.9 Å². The first-order chi connectivity index (χ1) is 16.1. The number of nitrogens with zero attached hydrogens (tertiary/aromatic N) is 5. The van der Waals surface area contributed by atoms with Crippen molar-refractivity contribution in [2.75, 3.05) is 56.2 Å². The van der Waals surface area contributed by atoms with Gasteiger partial charge < -0.3 is 19.4 Å². The molecule has 3 heterocycles. The molecular formula is C25H28ClN5O2. The smallest absolute Gasteiger partial charge is 0.257 e. The molecule has 2 saturated heterocycles. The summed E-state index contributed by atoms with van der Waals surface area (Å²) in [4.78, 5) is 29.1. The maximum absolute atomic E-state index is 13.2. The number of fused-ring (bicyclic) bond motifs is 1. The van der Waals surface area contributed by atoms with Crippen LogP contribution in [0.5, 0.6) is 5.88 Å². The largest absolute Gasteiger partial charge is 0.478 e. The molecule has 2 aromatic carbocycles. The summed E-state index contributed by atoms with van der Waals surface area (Å²) in [6.45, 7) is 4.68. The molecule has 8 heteroatoms. The van der Waals surface area contributed by atoms with Gasteiger partial charge in [0, 0.05) is 55.9 Å². The van der Waals surface area contributed by atoms with Gasteiger partial charge in [0.25, 0.3) is 5.88 Å². The predicted molar refractivity (Wildman–Crippen MR) is 131 cm³/mol. The van der Waals surface area contributed by atoms with Gasteiger partial charge in [-0.2, -0.15) is 0 Å². The molecule has 2 aliphatic heterocycles. The van der Waals surface area contributed by atoms with E-state index in [1.165, 1.54) is 0 Å². The summed E-state index contributed by atoms with van der Waals surface area (Å²) >= 11 is 6.14. The Morgan fingerprint density at radius 1 is 0.909 bits per heavy atom. The van der Waals surface area contributed by atoms with E-state index in [0.717, 1.165) is 79.7 Å². The molecular weight excluding hydrogens is 438 g/mol. The summed E-state index contributed by atoms with van der Waals surface area (Å²) < 4.78 is 5.53. The molecule has 7 nitrogen and oxygen atoms in total. The van der Waals surface area contributed by atoms with Gasteiger partial charge in [0.1, 0.15) is 0 Å². The molecule has 0 spiro atoms. The Bertz CT molecular complexity index is 1140. The second-order valence-corrected chi connectivity index (χ2v) is 9.04. The van der Waals surface area contributed by atoms with Crippen molar-refractivity contribution in [1.82, 2.24) is 14.9 Å². The van der Waals surface area contributed by atoms with Crippen molar-refractivity contribution >= 4 is 40.0 Å². The van der Waals surface area contributed by atoms with Crippen LogP contribution in [0.1, 0.15) is 12.8 Å². The number of piperazine rings is 1. The summed E-state index contributed by atoms with van der Waals surface area (Å²) in [5, 5.41) is 0.741. The monoisotopic (exact) mass is 465 g/mol. The van der Waals surface area contributed by atoms with E-state index in [1.807, 2.05) is 47.4 Å². The minimum Gasteiger partial charge on any atom is -0.478 e. The van der Waals surface area contributed by atoms with E-state index in [4.69, 9.17) is 21.3 Å². The van der Waals surface area contributed by atoms with Crippen LogP contribution in [0, 0.1) is 5.92 Å². The molecule has 3 aromatic rings. The summed E-state index contributed by atoms with van der Waals surface area (Å²) in [6.07, 6.45) is 1.62. The summed E-state index contributed by atoms with van der Waals surface area (Å²) in [6, 6.07) is 15.7. The zero-order chi connectivity index (χ0) is 22.8. The number of halogens is 1. The van der Waals surface area contributed by atoms with Gasteiger partial charge in [-0.3, -0.25) is 4.79 Å². The van der Waals surface area contributed by atoms with Gasteiger partial charge in [-0.25, -0.2) is 9.97 Å². The van der Waals surface area contributed by atoms with Gasteiger partial charge in [0.2, 0.25) is 5.91 Å². The Hall–Kier alpha value is -3.06. The second-order valence-electron chi connectivity index (χ2n) is 8.60. The summed E-state index contributed by atoms with van der Waals surface area (Å²) in [5.74, 6) is 1.63. The van der Waals surface area contributed by atoms with Crippen LogP contribution in [-0.4, -0.2) is 67.2 Å². The third-order valence-corrected chi connectivity index (χ3v) is 6.86. The Labute approximate surface area is 198 Å². The Balaban J connectivity index is 1.19. The number of hydrogen-bond donors (Lipinski definition) is 0. The molecule has 172 valence electrons. The summed E-state index contributed by atoms with van der Waals surface area (Å²) in [5.41, 5.74) is 2.79. The van der Waals surface area contributed by atoms with E-state index in [1.54, 1.807) is 7.11 Å². The van der Waals surface area contributed by atoms with Crippen molar-refractivity contribution in [1.29, 1.82) is 0 Å². The quantitative estimate of drug-likeness (QED) is 0.583. The lowest BCUT2D eigenvalue weighted by molar-refractivity contribution is -0.136. The first-order valence-electron chi connectivity index (χ1n) is 11.5. The van der Waals surface area contributed by atoms with Gasteiger partial charge in [0.05, 0.1) is 18.1 Å². The van der Waals surface area contributed by atoms with Gasteiger partial charge in [0.15, 0.2) is 5.82 Å². The van der Waals surface area contributed by atoms with E-state index < -0.39 is 0 Å². The Kier molecular flexibility index (Phi) is 6.22. The summed E-state index contributed by atoms with van der Waals surface area (Å²) in [7, 11) is 1.63. The Morgan fingerprint density at radius 3 is 2.27 bits per heavy atom. The van der Waals surface area contributed by atoms with Crippen LogP contribution < -0.4 is 14.5 Å². The molecule has 2 fully saturated rings. The SMILES string of the molecule is COc1nc2ccccc2nc1N1CCC(C(=O)N2CCN(c3cccc(Cl)c3)CC2)CC1. The van der Waals surface area contributed by atoms with Crippen LogP contribution in [-0.2, 0) is 4.79 Å². The lowest BCUT2D eigenvalue weighted by Gasteiger charge is -2.39. The average molecular weight is 466 g/mol. The van der Waals surface area contributed by atoms with Crippen molar-refractivity contribution in [2.45, 2.75) is 12.8 Å². The van der Waals surface area contributed by atoms with Gasteiger partial charge in [-0.15, -0.1) is 0 Å². The van der Waals surface area contributed by atoms with Crippen LogP contribution in [0.3, 0.4) is 0 Å². The van der Waals surface area contributed by atoms with Crippen LogP contribution in [0.4, 0.5) is 11.5 Å². The highest BCUT2D eigenvalue weighted by Gasteiger charge is 2.32. The molecule has 0 saturated carbocycles. The molecule has 1 aromatic heterocycles. The van der Waals surface area contributed by atoms with Gasteiger partial charge in [-0.1, -0.05) is 29.8 Å². The molecule has 0 aliphatic carbocycles. The number of hydrogen-bond acceptors (Lipinski definition) is 6. The van der Waals surface area contributed by atoms with Crippen molar-refractivity contribution in [3.05, 3.63) is 53.6 Å². The van der Waals surface area contributed by atoms with Crippen LogP contribution in [0.15, 0.2) is 48.5 Å². The lowest BCUT2D eigenvalue weighted by Crippen LogP contribution is -2.51. The van der Waals surface area contributed by atoms with Crippen molar-refractivity contribution in [2.24, 2.45) is 5.92 Å². The molecule has 5 rings (SSSR count). The normalized spacial score (nSPS) is 17.5. The van der Waals surface area contributed by atoms with E-state index in [-0.39, 0.29) is 11.8 Å². The topological polar surface area (TPSA) is 61.8 Å². The number of carbonyl (C=O) groups excluding carboxylic acids is 1. The number of rotatable bonds is 4. The molecule has 0 unspecified atom stereocenters. The number of aromatic nitrogens is 2. The lowest BCUT2D eigenvalue weighted by atomic mass is 9.95. The molecule has 0 bridgehead atoms. The van der Waals surface area contributed by atoms with E-state index >= 15 is 0 Å². The van der Waals surface area contributed by atoms with Crippen molar-refractivity contribution < 1.29 is 9.53 Å². The number of anilines is 2. The number of carbonyl (C=O) groups is 1. The van der Waals surface area contributed by atoms with E-state index in [9.17, 15) is 4.79 Å². The van der Waals surface area contributed by atoms with Crippen LogP contribution in [0.25, 0.3) is 11.0 Å². The zero-order valence-electron chi connectivity index (χ0n) is 18.8. The highest BCUT2D eigenvalue weighted by atomic mass is 35.5. The molecule has 0 atom stereocenters. The highest BCUT2D eigenvalue weighted by Crippen LogP contribution is 2.31. The number of benzene rings is 2. The molecule has 0 radical (unpaired) electrons. The number of para-hydroxylation sites is 2. The number of piperidine rings is 1. The fraction of sp³-hybridized carbons (Fsp3) is 0.400. The molecule has 0 N–H and O–H groups in total. The number of methoxy groups -OCH3 is 1. The Morgan fingerprint density at radius 2 is 1.61 bits per heavy atom. The van der Waals surface area contributed by atoms with Crippen molar-refractivity contribution in [3.63, 3.8) is 0 Å².